The average Bonchev–Trinajstić information content (AvgIpc) is 3.32. The predicted molar refractivity (Wildman–Crippen MR) is 89.0 cm³/mol. The van der Waals surface area contributed by atoms with E-state index in [1.54, 1.807) is 0 Å². The van der Waals surface area contributed by atoms with Gasteiger partial charge in [0.05, 0.1) is 5.02 Å². The zero-order chi connectivity index (χ0) is 14.7. The molecule has 2 fully saturated rings. The van der Waals surface area contributed by atoms with Crippen LogP contribution < -0.4 is 10.2 Å². The number of nitrogens with zero attached hydrogens (tertiary/aromatic N) is 2. The van der Waals surface area contributed by atoms with Gasteiger partial charge in [-0.25, -0.2) is 4.98 Å². The molecule has 0 radical (unpaired) electrons. The fourth-order valence-electron chi connectivity index (χ4n) is 3.18. The normalized spacial score (nSPS) is 20.0. The summed E-state index contributed by atoms with van der Waals surface area (Å²) >= 11 is 6.28. The van der Waals surface area contributed by atoms with Crippen LogP contribution >= 0.6 is 11.6 Å². The molecule has 21 heavy (non-hydrogen) atoms. The van der Waals surface area contributed by atoms with Crippen LogP contribution in [0.25, 0.3) is 0 Å². The summed E-state index contributed by atoms with van der Waals surface area (Å²) in [6.07, 6.45) is 9.71. The summed E-state index contributed by atoms with van der Waals surface area (Å²) in [5.74, 6) is 2.01. The van der Waals surface area contributed by atoms with Crippen LogP contribution in [0.15, 0.2) is 12.3 Å². The zero-order valence-electron chi connectivity index (χ0n) is 12.9. The van der Waals surface area contributed by atoms with Crippen molar-refractivity contribution in [1.29, 1.82) is 0 Å². The van der Waals surface area contributed by atoms with Gasteiger partial charge in [0.1, 0.15) is 5.82 Å². The number of piperidine rings is 1. The van der Waals surface area contributed by atoms with Crippen molar-refractivity contribution in [2.45, 2.75) is 58.0 Å². The van der Waals surface area contributed by atoms with E-state index < -0.39 is 0 Å². The van der Waals surface area contributed by atoms with Crippen molar-refractivity contribution >= 4 is 17.4 Å². The number of hydrogen-bond donors (Lipinski definition) is 1. The number of nitrogens with one attached hydrogen (secondary N) is 1. The molecule has 0 atom stereocenters. The van der Waals surface area contributed by atoms with Gasteiger partial charge in [-0.2, -0.15) is 0 Å². The second-order valence-corrected chi connectivity index (χ2v) is 6.92. The van der Waals surface area contributed by atoms with E-state index in [-0.39, 0.29) is 0 Å². The number of rotatable bonds is 6. The molecular formula is C17H26ClN3. The lowest BCUT2D eigenvalue weighted by atomic mass is 9.92. The number of hydrogen-bond acceptors (Lipinski definition) is 3. The Kier molecular flexibility index (Phi) is 5.02. The van der Waals surface area contributed by atoms with Crippen LogP contribution in [0.1, 0.15) is 51.0 Å². The van der Waals surface area contributed by atoms with Crippen molar-refractivity contribution in [1.82, 2.24) is 10.3 Å². The van der Waals surface area contributed by atoms with Crippen LogP contribution in [0.5, 0.6) is 0 Å². The molecule has 1 aliphatic heterocycles. The summed E-state index contributed by atoms with van der Waals surface area (Å²) in [6.45, 7) is 5.42. The summed E-state index contributed by atoms with van der Waals surface area (Å²) in [5, 5.41) is 4.32. The highest BCUT2D eigenvalue weighted by molar-refractivity contribution is 6.31. The van der Waals surface area contributed by atoms with E-state index in [4.69, 9.17) is 11.6 Å². The van der Waals surface area contributed by atoms with Crippen molar-refractivity contribution < 1.29 is 0 Å². The molecule has 0 aromatic carbocycles. The third-order valence-electron chi connectivity index (χ3n) is 4.71. The fraction of sp³-hybridized carbons (Fsp3) is 0.706. The topological polar surface area (TPSA) is 28.2 Å². The average molecular weight is 308 g/mol. The van der Waals surface area contributed by atoms with Gasteiger partial charge in [0.2, 0.25) is 0 Å². The Morgan fingerprint density at radius 3 is 2.71 bits per heavy atom. The number of halogens is 1. The van der Waals surface area contributed by atoms with Crippen LogP contribution in [-0.2, 0) is 6.54 Å². The van der Waals surface area contributed by atoms with Crippen LogP contribution in [-0.4, -0.2) is 24.1 Å². The standard InChI is InChI=1S/C17H26ClN3/c1-2-3-13-6-8-21(9-7-13)17-10-14(16(18)12-20-17)11-19-15-4-5-15/h10,12-13,15,19H,2-9,11H2,1H3. The van der Waals surface area contributed by atoms with E-state index >= 15 is 0 Å². The Bertz CT molecular complexity index is 465. The highest BCUT2D eigenvalue weighted by atomic mass is 35.5. The Morgan fingerprint density at radius 1 is 1.29 bits per heavy atom. The summed E-state index contributed by atoms with van der Waals surface area (Å²) in [6, 6.07) is 2.89. The van der Waals surface area contributed by atoms with Crippen LogP contribution in [0.2, 0.25) is 5.02 Å². The maximum absolute atomic E-state index is 6.28. The molecule has 4 heteroatoms. The van der Waals surface area contributed by atoms with Gasteiger partial charge in [-0.05, 0) is 43.2 Å². The number of pyridine rings is 1. The summed E-state index contributed by atoms with van der Waals surface area (Å²) < 4.78 is 0. The Morgan fingerprint density at radius 2 is 2.05 bits per heavy atom. The Balaban J connectivity index is 1.60. The van der Waals surface area contributed by atoms with E-state index in [9.17, 15) is 0 Å². The van der Waals surface area contributed by atoms with Gasteiger partial charge >= 0.3 is 0 Å². The second-order valence-electron chi connectivity index (χ2n) is 6.51. The molecule has 2 aliphatic rings. The first-order valence-corrected chi connectivity index (χ1v) is 8.76. The maximum atomic E-state index is 6.28. The van der Waals surface area contributed by atoms with E-state index in [1.807, 2.05) is 6.20 Å². The van der Waals surface area contributed by atoms with Crippen molar-refractivity contribution in [3.05, 3.63) is 22.8 Å². The smallest absolute Gasteiger partial charge is 0.128 e. The number of anilines is 1. The van der Waals surface area contributed by atoms with Gasteiger partial charge < -0.3 is 10.2 Å². The van der Waals surface area contributed by atoms with Crippen molar-refractivity contribution in [3.8, 4) is 0 Å². The van der Waals surface area contributed by atoms with Gasteiger partial charge in [0, 0.05) is 31.9 Å². The summed E-state index contributed by atoms with van der Waals surface area (Å²) in [5.41, 5.74) is 1.18. The van der Waals surface area contributed by atoms with E-state index in [1.165, 1.54) is 44.1 Å². The van der Waals surface area contributed by atoms with Gasteiger partial charge in [0.25, 0.3) is 0 Å². The highest BCUT2D eigenvalue weighted by Gasteiger charge is 2.22. The predicted octanol–water partition coefficient (Wildman–Crippen LogP) is 4.00. The summed E-state index contributed by atoms with van der Waals surface area (Å²) in [7, 11) is 0. The molecule has 1 aromatic heterocycles. The fourth-order valence-corrected chi connectivity index (χ4v) is 3.35. The minimum absolute atomic E-state index is 0.711. The quantitative estimate of drug-likeness (QED) is 0.861. The van der Waals surface area contributed by atoms with E-state index in [0.717, 1.165) is 36.4 Å². The molecule has 0 spiro atoms. The lowest BCUT2D eigenvalue weighted by Gasteiger charge is -2.33. The molecule has 2 heterocycles. The molecule has 116 valence electrons. The Hall–Kier alpha value is -0.800. The molecule has 1 saturated heterocycles. The molecule has 3 nitrogen and oxygen atoms in total. The highest BCUT2D eigenvalue weighted by Crippen LogP contribution is 2.27. The maximum Gasteiger partial charge on any atom is 0.128 e. The zero-order valence-corrected chi connectivity index (χ0v) is 13.7. The van der Waals surface area contributed by atoms with Gasteiger partial charge in [-0.3, -0.25) is 0 Å². The van der Waals surface area contributed by atoms with E-state index in [2.05, 4.69) is 28.2 Å². The first kappa shape index (κ1) is 15.1. The molecule has 1 aliphatic carbocycles. The Labute approximate surface area is 133 Å². The molecule has 1 saturated carbocycles. The molecule has 3 rings (SSSR count). The molecule has 1 N–H and O–H groups in total. The molecule has 0 bridgehead atoms. The van der Waals surface area contributed by atoms with Crippen LogP contribution in [0.4, 0.5) is 5.82 Å². The third-order valence-corrected chi connectivity index (χ3v) is 5.05. The molecular weight excluding hydrogens is 282 g/mol. The van der Waals surface area contributed by atoms with E-state index in [0.29, 0.717) is 6.04 Å². The monoisotopic (exact) mass is 307 g/mol. The minimum Gasteiger partial charge on any atom is -0.357 e. The van der Waals surface area contributed by atoms with Gasteiger partial charge in [0.15, 0.2) is 0 Å². The molecule has 0 unspecified atom stereocenters. The van der Waals surface area contributed by atoms with Crippen molar-refractivity contribution in [3.63, 3.8) is 0 Å². The lowest BCUT2D eigenvalue weighted by molar-refractivity contribution is 0.377. The first-order valence-electron chi connectivity index (χ1n) is 8.39. The van der Waals surface area contributed by atoms with Gasteiger partial charge in [-0.15, -0.1) is 0 Å². The molecule has 1 aromatic rings. The lowest BCUT2D eigenvalue weighted by Crippen LogP contribution is -2.34. The van der Waals surface area contributed by atoms with Crippen LogP contribution in [0, 0.1) is 5.92 Å². The largest absolute Gasteiger partial charge is 0.357 e. The first-order chi connectivity index (χ1) is 10.3. The second kappa shape index (κ2) is 6.97. The minimum atomic E-state index is 0.711. The van der Waals surface area contributed by atoms with Crippen LogP contribution in [0.3, 0.4) is 0 Å². The van der Waals surface area contributed by atoms with Crippen molar-refractivity contribution in [2.75, 3.05) is 18.0 Å². The summed E-state index contributed by atoms with van der Waals surface area (Å²) in [4.78, 5) is 6.96. The molecule has 0 amide bonds. The van der Waals surface area contributed by atoms with Crippen molar-refractivity contribution in [2.24, 2.45) is 5.92 Å². The third kappa shape index (κ3) is 4.10. The SMILES string of the molecule is CCCC1CCN(c2cc(CNC3CC3)c(Cl)cn2)CC1. The number of aromatic nitrogens is 1. The van der Waals surface area contributed by atoms with Gasteiger partial charge in [-0.1, -0.05) is 31.4 Å².